The van der Waals surface area contributed by atoms with Crippen molar-refractivity contribution >= 4 is 5.97 Å². The van der Waals surface area contributed by atoms with Gasteiger partial charge >= 0.3 is 0 Å². The summed E-state index contributed by atoms with van der Waals surface area (Å²) in [7, 11) is 0. The topological polar surface area (TPSA) is 124 Å². The smallest absolute Gasteiger partial charge is 0.124 e. The highest BCUT2D eigenvalue weighted by Crippen LogP contribution is 2.24. The van der Waals surface area contributed by atoms with Crippen LogP contribution in [0.1, 0.15) is 6.42 Å². The van der Waals surface area contributed by atoms with Crippen LogP contribution in [-0.4, -0.2) is 39.1 Å². The molecule has 13 heavy (non-hydrogen) atoms. The van der Waals surface area contributed by atoms with E-state index in [2.05, 4.69) is 0 Å². The highest BCUT2D eigenvalue weighted by atomic mass is 16.4. The Morgan fingerprint density at radius 3 is 2.54 bits per heavy atom. The third kappa shape index (κ3) is 1.64. The van der Waals surface area contributed by atoms with E-state index in [0.29, 0.717) is 6.08 Å². The molecule has 0 radical (unpaired) electrons. The fraction of sp³-hybridized carbons (Fsp3) is 0.571. The Morgan fingerprint density at radius 2 is 2.15 bits per heavy atom. The van der Waals surface area contributed by atoms with Crippen LogP contribution >= 0.6 is 0 Å². The molecule has 3 atom stereocenters. The maximum Gasteiger partial charge on any atom is 0.124 e. The Balaban J connectivity index is 3.00. The Morgan fingerprint density at radius 1 is 1.62 bits per heavy atom. The molecule has 1 aliphatic rings. The van der Waals surface area contributed by atoms with Crippen LogP contribution in [0.5, 0.6) is 0 Å². The number of aliphatic hydroxyl groups excluding tert-OH is 2. The summed E-state index contributed by atoms with van der Waals surface area (Å²) in [5.74, 6) is -2.89. The van der Waals surface area contributed by atoms with E-state index in [4.69, 9.17) is 10.2 Å². The second kappa shape index (κ2) is 2.99. The molecule has 3 N–H and O–H groups in total. The molecular formula is C7H8O6-2. The van der Waals surface area contributed by atoms with E-state index in [1.165, 1.54) is 0 Å². The van der Waals surface area contributed by atoms with Crippen LogP contribution in [0.15, 0.2) is 11.8 Å². The Hall–Kier alpha value is -1.11. The lowest BCUT2D eigenvalue weighted by molar-refractivity contribution is -0.341. The number of carbonyl (C=O) groups is 1. The van der Waals surface area contributed by atoms with Crippen LogP contribution in [0.2, 0.25) is 0 Å². The number of hydrogen-bond donors (Lipinski definition) is 3. The highest BCUT2D eigenvalue weighted by molar-refractivity contribution is 5.78. The summed E-state index contributed by atoms with van der Waals surface area (Å²) in [4.78, 5) is 10.3. The average Bonchev–Trinajstić information content (AvgIpc) is 2.00. The summed E-state index contributed by atoms with van der Waals surface area (Å²) in [6.45, 7) is 0. The highest BCUT2D eigenvalue weighted by Gasteiger charge is 2.36. The fourth-order valence-corrected chi connectivity index (χ4v) is 1.14. The molecule has 1 rings (SSSR count). The van der Waals surface area contributed by atoms with E-state index in [1.54, 1.807) is 0 Å². The minimum atomic E-state index is -2.48. The summed E-state index contributed by atoms with van der Waals surface area (Å²) in [6, 6.07) is 0. The maximum atomic E-state index is 10.8. The van der Waals surface area contributed by atoms with Crippen molar-refractivity contribution in [3.8, 4) is 0 Å². The van der Waals surface area contributed by atoms with Gasteiger partial charge < -0.3 is 30.3 Å². The van der Waals surface area contributed by atoms with Gasteiger partial charge in [0.1, 0.15) is 5.60 Å². The lowest BCUT2D eigenvalue weighted by Crippen LogP contribution is -2.55. The number of carboxylic acid groups (broad SMARTS) is 1. The second-order valence-corrected chi connectivity index (χ2v) is 2.97. The van der Waals surface area contributed by atoms with Gasteiger partial charge in [-0.15, -0.1) is 5.76 Å². The van der Waals surface area contributed by atoms with E-state index in [1.807, 2.05) is 0 Å². The van der Waals surface area contributed by atoms with Crippen molar-refractivity contribution in [3.63, 3.8) is 0 Å². The first kappa shape index (κ1) is 9.97. The average molecular weight is 188 g/mol. The fourth-order valence-electron chi connectivity index (χ4n) is 1.14. The zero-order chi connectivity index (χ0) is 10.2. The van der Waals surface area contributed by atoms with Crippen molar-refractivity contribution < 1.29 is 30.3 Å². The normalized spacial score (nSPS) is 39.8. The van der Waals surface area contributed by atoms with E-state index in [9.17, 15) is 20.1 Å². The molecule has 0 aliphatic heterocycles. The zero-order valence-electron chi connectivity index (χ0n) is 6.51. The van der Waals surface area contributed by atoms with E-state index < -0.39 is 36.0 Å². The van der Waals surface area contributed by atoms with Crippen LogP contribution < -0.4 is 10.2 Å². The van der Waals surface area contributed by atoms with Crippen LogP contribution in [0.3, 0.4) is 0 Å². The monoisotopic (exact) mass is 188 g/mol. The van der Waals surface area contributed by atoms with Gasteiger partial charge in [-0.3, -0.25) is 0 Å². The van der Waals surface area contributed by atoms with Gasteiger partial charge in [-0.25, -0.2) is 0 Å². The first-order valence-corrected chi connectivity index (χ1v) is 3.56. The lowest BCUT2D eigenvalue weighted by atomic mass is 9.86. The SMILES string of the molecule is O=C([O-])C1(O)C=C([O-])C(O)C(O)C1. The third-order valence-electron chi connectivity index (χ3n) is 1.91. The molecular weight excluding hydrogens is 180 g/mol. The molecule has 6 nitrogen and oxygen atoms in total. The molecule has 0 bridgehead atoms. The van der Waals surface area contributed by atoms with Crippen molar-refractivity contribution in [3.05, 3.63) is 11.8 Å². The predicted molar refractivity (Wildman–Crippen MR) is 34.7 cm³/mol. The van der Waals surface area contributed by atoms with Crippen molar-refractivity contribution in [2.24, 2.45) is 0 Å². The molecule has 1 aliphatic carbocycles. The summed E-state index contributed by atoms with van der Waals surface area (Å²) in [5, 5.41) is 48.2. The number of rotatable bonds is 1. The number of carbonyl (C=O) groups excluding carboxylic acids is 1. The van der Waals surface area contributed by atoms with Crippen molar-refractivity contribution in [2.45, 2.75) is 24.2 Å². The maximum absolute atomic E-state index is 10.8. The predicted octanol–water partition coefficient (Wildman–Crippen LogP) is -4.16. The van der Waals surface area contributed by atoms with Crippen LogP contribution in [0, 0.1) is 0 Å². The van der Waals surface area contributed by atoms with Crippen molar-refractivity contribution in [1.82, 2.24) is 0 Å². The van der Waals surface area contributed by atoms with Gasteiger partial charge in [-0.05, 0) is 0 Å². The van der Waals surface area contributed by atoms with Gasteiger partial charge in [-0.2, -0.15) is 0 Å². The van der Waals surface area contributed by atoms with E-state index in [-0.39, 0.29) is 0 Å². The zero-order valence-corrected chi connectivity index (χ0v) is 6.51. The number of aliphatic carboxylic acids is 1. The van der Waals surface area contributed by atoms with Crippen molar-refractivity contribution in [1.29, 1.82) is 0 Å². The molecule has 0 aromatic carbocycles. The summed E-state index contributed by atoms with van der Waals surface area (Å²) in [5.41, 5.74) is -2.48. The molecule has 0 amide bonds. The van der Waals surface area contributed by atoms with Crippen LogP contribution in [0.4, 0.5) is 0 Å². The molecule has 0 heterocycles. The van der Waals surface area contributed by atoms with Gasteiger partial charge in [0.15, 0.2) is 0 Å². The Bertz CT molecular complexity index is 260. The molecule has 3 unspecified atom stereocenters. The minimum absolute atomic E-state index is 0.444. The summed E-state index contributed by atoms with van der Waals surface area (Å²) < 4.78 is 0. The summed E-state index contributed by atoms with van der Waals surface area (Å²) >= 11 is 0. The van der Waals surface area contributed by atoms with Gasteiger partial charge in [-0.1, -0.05) is 6.08 Å². The first-order chi connectivity index (χ1) is 5.87. The van der Waals surface area contributed by atoms with Crippen LogP contribution in [0.25, 0.3) is 0 Å². The minimum Gasteiger partial charge on any atom is -0.874 e. The first-order valence-electron chi connectivity index (χ1n) is 3.56. The molecule has 0 saturated carbocycles. The number of carboxylic acids is 1. The summed E-state index contributed by atoms with van der Waals surface area (Å²) in [6.07, 6.45) is -3.46. The quantitative estimate of drug-likeness (QED) is 0.383. The molecule has 0 fully saturated rings. The van der Waals surface area contributed by atoms with Gasteiger partial charge in [0.2, 0.25) is 0 Å². The molecule has 6 heteroatoms. The Labute approximate surface area is 73.4 Å². The van der Waals surface area contributed by atoms with Gasteiger partial charge in [0.05, 0.1) is 18.2 Å². The van der Waals surface area contributed by atoms with Crippen LogP contribution in [-0.2, 0) is 4.79 Å². The third-order valence-corrected chi connectivity index (χ3v) is 1.91. The molecule has 74 valence electrons. The molecule has 0 aromatic heterocycles. The van der Waals surface area contributed by atoms with Gasteiger partial charge in [0, 0.05) is 6.42 Å². The van der Waals surface area contributed by atoms with E-state index in [0.717, 1.165) is 0 Å². The molecule has 0 aromatic rings. The van der Waals surface area contributed by atoms with E-state index >= 15 is 0 Å². The standard InChI is InChI=1S/C7H10O6/c8-3-1-7(13,6(11)12)2-4(9)5(3)10/h1,4-5,8-10,13H,2H2,(H,11,12)/p-2. The molecule has 0 saturated heterocycles. The Kier molecular flexibility index (Phi) is 2.29. The second-order valence-electron chi connectivity index (χ2n) is 2.97. The number of aliphatic hydroxyl groups is 3. The lowest BCUT2D eigenvalue weighted by Gasteiger charge is -2.38. The number of hydrogen-bond acceptors (Lipinski definition) is 6. The largest absolute Gasteiger partial charge is 0.874 e. The van der Waals surface area contributed by atoms with Crippen molar-refractivity contribution in [2.75, 3.05) is 0 Å². The molecule has 0 spiro atoms. The van der Waals surface area contributed by atoms with Gasteiger partial charge in [0.25, 0.3) is 0 Å².